The third-order valence-electron chi connectivity index (χ3n) is 3.07. The maximum Gasteiger partial charge on any atom is 0.343 e. The second kappa shape index (κ2) is 5.70. The monoisotopic (exact) mass is 292 g/mol. The average Bonchev–Trinajstić information content (AvgIpc) is 2.81. The van der Waals surface area contributed by atoms with Gasteiger partial charge in [-0.25, -0.2) is 13.9 Å². The van der Waals surface area contributed by atoms with Crippen LogP contribution in [0.5, 0.6) is 0 Å². The summed E-state index contributed by atoms with van der Waals surface area (Å²) in [7, 11) is 1.39. The minimum Gasteiger partial charge on any atom is -0.358 e. The van der Waals surface area contributed by atoms with Crippen molar-refractivity contribution >= 4 is 11.7 Å². The summed E-state index contributed by atoms with van der Waals surface area (Å²) in [6.07, 6.45) is 1.03. The van der Waals surface area contributed by atoms with Gasteiger partial charge in [0.05, 0.1) is 13.1 Å². The Morgan fingerprint density at radius 2 is 2.05 bits per heavy atom. The normalized spacial score (nSPS) is 12.0. The van der Waals surface area contributed by atoms with Crippen LogP contribution in [0, 0.1) is 15.9 Å². The van der Waals surface area contributed by atoms with E-state index >= 15 is 0 Å². The Balaban J connectivity index is 2.14. The Morgan fingerprint density at radius 3 is 2.57 bits per heavy atom. The van der Waals surface area contributed by atoms with Crippen LogP contribution in [0.15, 0.2) is 30.5 Å². The van der Waals surface area contributed by atoms with Crippen molar-refractivity contribution in [3.05, 3.63) is 57.8 Å². The zero-order valence-electron chi connectivity index (χ0n) is 11.4. The molecule has 1 aromatic heterocycles. The SMILES string of the molecule is CC(NC(=O)c1ncc([N+](=O)[O-])n1C)c1ccc(F)cc1. The molecule has 1 N–H and O–H groups in total. The molecule has 8 heteroatoms. The average molecular weight is 292 g/mol. The second-order valence-corrected chi connectivity index (χ2v) is 4.50. The van der Waals surface area contributed by atoms with E-state index in [4.69, 9.17) is 0 Å². The highest BCUT2D eigenvalue weighted by atomic mass is 19.1. The molecule has 0 fully saturated rings. The predicted octanol–water partition coefficient (Wildman–Crippen LogP) is 1.96. The molecule has 1 atom stereocenters. The van der Waals surface area contributed by atoms with Gasteiger partial charge in [-0.15, -0.1) is 0 Å². The van der Waals surface area contributed by atoms with Gasteiger partial charge in [-0.1, -0.05) is 12.1 Å². The summed E-state index contributed by atoms with van der Waals surface area (Å²) in [6.45, 7) is 1.72. The number of nitrogens with zero attached hydrogens (tertiary/aromatic N) is 3. The van der Waals surface area contributed by atoms with Gasteiger partial charge in [0.25, 0.3) is 5.82 Å². The first kappa shape index (κ1) is 14.6. The van der Waals surface area contributed by atoms with Crippen LogP contribution in [0.25, 0.3) is 0 Å². The number of halogens is 1. The summed E-state index contributed by atoms with van der Waals surface area (Å²) < 4.78 is 13.9. The molecular weight excluding hydrogens is 279 g/mol. The van der Waals surface area contributed by atoms with Crippen LogP contribution in [0.2, 0.25) is 0 Å². The molecule has 7 nitrogen and oxygen atoms in total. The number of benzene rings is 1. The Hall–Kier alpha value is -2.77. The molecule has 110 valence electrons. The molecule has 0 saturated carbocycles. The van der Waals surface area contributed by atoms with Crippen molar-refractivity contribution in [1.29, 1.82) is 0 Å². The van der Waals surface area contributed by atoms with E-state index in [1.807, 2.05) is 0 Å². The smallest absolute Gasteiger partial charge is 0.343 e. The predicted molar refractivity (Wildman–Crippen MR) is 72.1 cm³/mol. The number of aromatic nitrogens is 2. The lowest BCUT2D eigenvalue weighted by molar-refractivity contribution is -0.391. The molecule has 0 saturated heterocycles. The second-order valence-electron chi connectivity index (χ2n) is 4.50. The van der Waals surface area contributed by atoms with Crippen molar-refractivity contribution in [3.63, 3.8) is 0 Å². The molecule has 1 unspecified atom stereocenters. The standard InChI is InChI=1S/C13H13FN4O3/c1-8(9-3-5-10(14)6-4-9)16-13(19)12-15-7-11(17(12)2)18(20)21/h3-8H,1-2H3,(H,16,19). The van der Waals surface area contributed by atoms with Crippen LogP contribution in [0.4, 0.5) is 10.2 Å². The maximum atomic E-state index is 12.8. The van der Waals surface area contributed by atoms with Gasteiger partial charge in [0, 0.05) is 0 Å². The number of hydrogen-bond donors (Lipinski definition) is 1. The first-order valence-corrected chi connectivity index (χ1v) is 6.12. The highest BCUT2D eigenvalue weighted by Crippen LogP contribution is 2.15. The van der Waals surface area contributed by atoms with Crippen molar-refractivity contribution < 1.29 is 14.1 Å². The molecule has 2 aromatic rings. The Bertz CT molecular complexity index is 681. The van der Waals surface area contributed by atoms with E-state index in [2.05, 4.69) is 10.3 Å². The molecule has 0 aliphatic carbocycles. The van der Waals surface area contributed by atoms with E-state index in [0.717, 1.165) is 10.8 Å². The molecule has 21 heavy (non-hydrogen) atoms. The molecule has 1 heterocycles. The fourth-order valence-electron chi connectivity index (χ4n) is 1.88. The minimum absolute atomic E-state index is 0.0596. The topological polar surface area (TPSA) is 90.1 Å². The van der Waals surface area contributed by atoms with Gasteiger partial charge in [-0.05, 0) is 29.5 Å². The van der Waals surface area contributed by atoms with Crippen LogP contribution >= 0.6 is 0 Å². The summed E-state index contributed by atoms with van der Waals surface area (Å²) in [6, 6.07) is 5.32. The quantitative estimate of drug-likeness (QED) is 0.689. The highest BCUT2D eigenvalue weighted by molar-refractivity contribution is 5.91. The van der Waals surface area contributed by atoms with Crippen molar-refractivity contribution in [2.75, 3.05) is 0 Å². The zero-order chi connectivity index (χ0) is 15.6. The van der Waals surface area contributed by atoms with Gasteiger partial charge < -0.3 is 15.4 Å². The number of nitro groups is 1. The van der Waals surface area contributed by atoms with Crippen LogP contribution in [-0.4, -0.2) is 20.4 Å². The molecule has 1 amide bonds. The van der Waals surface area contributed by atoms with Gasteiger partial charge in [-0.3, -0.25) is 4.79 Å². The molecule has 2 rings (SSSR count). The lowest BCUT2D eigenvalue weighted by atomic mass is 10.1. The van der Waals surface area contributed by atoms with E-state index in [1.165, 1.54) is 19.2 Å². The van der Waals surface area contributed by atoms with E-state index < -0.39 is 10.8 Å². The molecule has 0 radical (unpaired) electrons. The third kappa shape index (κ3) is 3.04. The third-order valence-corrected chi connectivity index (χ3v) is 3.07. The maximum absolute atomic E-state index is 12.8. The number of rotatable bonds is 4. The summed E-state index contributed by atoms with van der Waals surface area (Å²) in [5, 5.41) is 13.4. The number of imidazole rings is 1. The summed E-state index contributed by atoms with van der Waals surface area (Å²) >= 11 is 0. The van der Waals surface area contributed by atoms with E-state index in [1.54, 1.807) is 19.1 Å². The lowest BCUT2D eigenvalue weighted by Gasteiger charge is -2.13. The zero-order valence-corrected chi connectivity index (χ0v) is 11.4. The van der Waals surface area contributed by atoms with Crippen LogP contribution in [0.3, 0.4) is 0 Å². The minimum atomic E-state index is -0.618. The molecule has 1 aromatic carbocycles. The number of carbonyl (C=O) groups excluding carboxylic acids is 1. The lowest BCUT2D eigenvalue weighted by Crippen LogP contribution is -2.29. The molecule has 0 spiro atoms. The molecule has 0 aliphatic heterocycles. The van der Waals surface area contributed by atoms with Gasteiger partial charge in [-0.2, -0.15) is 0 Å². The van der Waals surface area contributed by atoms with E-state index in [9.17, 15) is 19.3 Å². The van der Waals surface area contributed by atoms with E-state index in [-0.39, 0.29) is 23.5 Å². The van der Waals surface area contributed by atoms with Crippen molar-refractivity contribution in [2.45, 2.75) is 13.0 Å². The van der Waals surface area contributed by atoms with Gasteiger partial charge in [0.1, 0.15) is 12.0 Å². The van der Waals surface area contributed by atoms with Crippen LogP contribution < -0.4 is 5.32 Å². The summed E-state index contributed by atoms with van der Waals surface area (Å²) in [4.78, 5) is 25.9. The Labute approximate surface area is 119 Å². The van der Waals surface area contributed by atoms with Crippen LogP contribution in [0.1, 0.15) is 29.1 Å². The fourth-order valence-corrected chi connectivity index (χ4v) is 1.88. The van der Waals surface area contributed by atoms with Crippen molar-refractivity contribution in [2.24, 2.45) is 7.05 Å². The molecular formula is C13H13FN4O3. The van der Waals surface area contributed by atoms with Gasteiger partial charge in [0.2, 0.25) is 0 Å². The fraction of sp³-hybridized carbons (Fsp3) is 0.231. The number of nitrogens with one attached hydrogen (secondary N) is 1. The summed E-state index contributed by atoms with van der Waals surface area (Å²) in [5.41, 5.74) is 0.716. The summed E-state index contributed by atoms with van der Waals surface area (Å²) in [5.74, 6) is -1.23. The number of carbonyl (C=O) groups is 1. The molecule has 0 aliphatic rings. The molecule has 0 bridgehead atoms. The van der Waals surface area contributed by atoms with Gasteiger partial charge in [0.15, 0.2) is 0 Å². The van der Waals surface area contributed by atoms with Crippen LogP contribution in [-0.2, 0) is 7.05 Å². The Morgan fingerprint density at radius 1 is 1.43 bits per heavy atom. The number of amides is 1. The highest BCUT2D eigenvalue weighted by Gasteiger charge is 2.23. The van der Waals surface area contributed by atoms with E-state index in [0.29, 0.717) is 5.56 Å². The Kier molecular flexibility index (Phi) is 3.97. The van der Waals surface area contributed by atoms with Gasteiger partial charge >= 0.3 is 11.7 Å². The largest absolute Gasteiger partial charge is 0.358 e. The first-order valence-electron chi connectivity index (χ1n) is 6.12. The van der Waals surface area contributed by atoms with Crippen molar-refractivity contribution in [1.82, 2.24) is 14.9 Å². The van der Waals surface area contributed by atoms with Crippen molar-refractivity contribution in [3.8, 4) is 0 Å². The first-order chi connectivity index (χ1) is 9.90. The number of hydrogen-bond acceptors (Lipinski definition) is 4.